The monoisotopic (exact) mass is 441 g/mol. The fourth-order valence-electron chi connectivity index (χ4n) is 3.52. The highest BCUT2D eigenvalue weighted by Crippen LogP contribution is 2.12. The molecule has 0 saturated carbocycles. The summed E-state index contributed by atoms with van der Waals surface area (Å²) in [6, 6.07) is 19.3. The van der Waals surface area contributed by atoms with Crippen molar-refractivity contribution in [2.24, 2.45) is 0 Å². The molecule has 0 radical (unpaired) electrons. The zero-order valence-corrected chi connectivity index (χ0v) is 18.0. The number of rotatable bonds is 13. The number of hydrogen-bond donors (Lipinski definition) is 5. The number of hydrogen-bond acceptors (Lipinski definition) is 3. The van der Waals surface area contributed by atoms with E-state index in [0.717, 1.165) is 25.7 Å². The normalized spacial score (nSPS) is 11.5. The van der Waals surface area contributed by atoms with Crippen LogP contribution in [0.1, 0.15) is 36.8 Å². The van der Waals surface area contributed by atoms with Crippen LogP contribution in [0, 0.1) is 0 Å². The molecule has 0 aliphatic rings. The van der Waals surface area contributed by atoms with E-state index in [1.54, 1.807) is 0 Å². The van der Waals surface area contributed by atoms with Crippen molar-refractivity contribution in [3.05, 3.63) is 71.8 Å². The molecule has 1 atom stereocenters. The molecule has 3 amide bonds. The van der Waals surface area contributed by atoms with Gasteiger partial charge in [-0.05, 0) is 43.2 Å². The number of nitrogens with one attached hydrogen (secondary N) is 3. The van der Waals surface area contributed by atoms with Crippen LogP contribution in [0.5, 0.6) is 0 Å². The largest absolute Gasteiger partial charge is 0.465 e. The topological polar surface area (TPSA) is 128 Å². The van der Waals surface area contributed by atoms with Crippen LogP contribution in [0.2, 0.25) is 0 Å². The molecule has 2 aromatic carbocycles. The van der Waals surface area contributed by atoms with E-state index in [9.17, 15) is 14.4 Å². The van der Waals surface area contributed by atoms with Crippen molar-refractivity contribution < 1.29 is 24.6 Å². The number of benzene rings is 2. The summed E-state index contributed by atoms with van der Waals surface area (Å²) < 4.78 is 0. The standard InChI is InChI=1S/C24H31N3O5/c28-22(17-21(27-24(31)32)15-16-25-23(29)30)26-20(13-11-18-7-3-1-4-8-18)14-12-19-9-5-2-6-10-19/h1-10,20-21,25,27H,11-17H2,(H,26,28)(H,29,30)(H,31,32)/t21-/m0/s1. The van der Waals surface area contributed by atoms with Gasteiger partial charge >= 0.3 is 12.2 Å². The van der Waals surface area contributed by atoms with Crippen LogP contribution in [0.3, 0.4) is 0 Å². The average molecular weight is 442 g/mol. The van der Waals surface area contributed by atoms with E-state index >= 15 is 0 Å². The summed E-state index contributed by atoms with van der Waals surface area (Å²) in [5, 5.41) is 25.3. The predicted molar refractivity (Wildman–Crippen MR) is 122 cm³/mol. The minimum atomic E-state index is -1.25. The van der Waals surface area contributed by atoms with Gasteiger partial charge in [0, 0.05) is 25.0 Å². The molecule has 0 aliphatic carbocycles. The molecule has 0 aromatic heterocycles. The van der Waals surface area contributed by atoms with Gasteiger partial charge in [0.25, 0.3) is 0 Å². The van der Waals surface area contributed by atoms with Crippen LogP contribution in [-0.2, 0) is 17.6 Å². The molecular formula is C24H31N3O5. The third-order valence-electron chi connectivity index (χ3n) is 5.14. The molecule has 0 aliphatic heterocycles. The number of carboxylic acid groups (broad SMARTS) is 2. The van der Waals surface area contributed by atoms with Gasteiger partial charge in [-0.1, -0.05) is 60.7 Å². The van der Waals surface area contributed by atoms with Crippen molar-refractivity contribution in [2.45, 2.75) is 50.6 Å². The lowest BCUT2D eigenvalue weighted by atomic mass is 9.98. The maximum Gasteiger partial charge on any atom is 0.404 e. The molecule has 5 N–H and O–H groups in total. The minimum absolute atomic E-state index is 0.0546. The number of aryl methyl sites for hydroxylation is 2. The van der Waals surface area contributed by atoms with E-state index in [-0.39, 0.29) is 31.3 Å². The van der Waals surface area contributed by atoms with Gasteiger partial charge in [-0.2, -0.15) is 0 Å². The number of carbonyl (C=O) groups is 3. The van der Waals surface area contributed by atoms with Gasteiger partial charge in [-0.3, -0.25) is 4.79 Å². The average Bonchev–Trinajstić information content (AvgIpc) is 2.76. The molecule has 0 fully saturated rings. The van der Waals surface area contributed by atoms with Crippen LogP contribution in [0.4, 0.5) is 9.59 Å². The van der Waals surface area contributed by atoms with Crippen molar-refractivity contribution in [1.29, 1.82) is 0 Å². The van der Waals surface area contributed by atoms with Crippen molar-refractivity contribution in [3.8, 4) is 0 Å². The van der Waals surface area contributed by atoms with Crippen LogP contribution in [0.25, 0.3) is 0 Å². The Hall–Kier alpha value is -3.55. The molecule has 2 aromatic rings. The second-order valence-corrected chi connectivity index (χ2v) is 7.68. The molecule has 2 rings (SSSR count). The SMILES string of the molecule is O=C(O)NCC[C@@H](CC(=O)NC(CCc1ccccc1)CCc1ccccc1)NC(=O)O. The number of carbonyl (C=O) groups excluding carboxylic acids is 1. The molecule has 8 heteroatoms. The molecule has 0 unspecified atom stereocenters. The smallest absolute Gasteiger partial charge is 0.404 e. The Kier molecular flexibility index (Phi) is 10.6. The lowest BCUT2D eigenvalue weighted by Crippen LogP contribution is -2.43. The van der Waals surface area contributed by atoms with Gasteiger partial charge in [-0.25, -0.2) is 9.59 Å². The molecular weight excluding hydrogens is 410 g/mol. The fourth-order valence-corrected chi connectivity index (χ4v) is 3.52. The molecule has 0 spiro atoms. The van der Waals surface area contributed by atoms with E-state index in [4.69, 9.17) is 10.2 Å². The lowest BCUT2D eigenvalue weighted by molar-refractivity contribution is -0.122. The lowest BCUT2D eigenvalue weighted by Gasteiger charge is -2.22. The van der Waals surface area contributed by atoms with Crippen molar-refractivity contribution in [1.82, 2.24) is 16.0 Å². The molecule has 0 bridgehead atoms. The highest BCUT2D eigenvalue weighted by Gasteiger charge is 2.19. The zero-order chi connectivity index (χ0) is 23.2. The van der Waals surface area contributed by atoms with E-state index in [1.165, 1.54) is 11.1 Å². The molecule has 0 heterocycles. The summed E-state index contributed by atoms with van der Waals surface area (Å²) >= 11 is 0. The Labute approximate surface area is 188 Å². The summed E-state index contributed by atoms with van der Waals surface area (Å²) in [5.41, 5.74) is 2.38. The molecule has 0 saturated heterocycles. The minimum Gasteiger partial charge on any atom is -0.465 e. The maximum atomic E-state index is 12.7. The van der Waals surface area contributed by atoms with Gasteiger partial charge in [0.1, 0.15) is 0 Å². The van der Waals surface area contributed by atoms with Crippen molar-refractivity contribution in [3.63, 3.8) is 0 Å². The highest BCUT2D eigenvalue weighted by molar-refractivity contribution is 5.77. The third-order valence-corrected chi connectivity index (χ3v) is 5.14. The summed E-state index contributed by atoms with van der Waals surface area (Å²) in [6.07, 6.45) is 0.860. The molecule has 8 nitrogen and oxygen atoms in total. The Morgan fingerprint density at radius 2 is 1.22 bits per heavy atom. The van der Waals surface area contributed by atoms with E-state index in [2.05, 4.69) is 40.2 Å². The van der Waals surface area contributed by atoms with Crippen LogP contribution >= 0.6 is 0 Å². The van der Waals surface area contributed by atoms with Crippen LogP contribution in [0.15, 0.2) is 60.7 Å². The zero-order valence-electron chi connectivity index (χ0n) is 18.0. The Bertz CT molecular complexity index is 802. The Balaban J connectivity index is 1.94. The first-order chi connectivity index (χ1) is 15.4. The fraction of sp³-hybridized carbons (Fsp3) is 0.375. The first-order valence-electron chi connectivity index (χ1n) is 10.8. The van der Waals surface area contributed by atoms with Gasteiger partial charge in [-0.15, -0.1) is 0 Å². The first kappa shape index (κ1) is 24.7. The van der Waals surface area contributed by atoms with Crippen LogP contribution < -0.4 is 16.0 Å². The second kappa shape index (κ2) is 13.7. The van der Waals surface area contributed by atoms with Crippen molar-refractivity contribution >= 4 is 18.1 Å². The predicted octanol–water partition coefficient (Wildman–Crippen LogP) is 3.42. The third kappa shape index (κ3) is 10.5. The van der Waals surface area contributed by atoms with Crippen LogP contribution in [-0.4, -0.2) is 46.9 Å². The van der Waals surface area contributed by atoms with Gasteiger partial charge in [0.05, 0.1) is 0 Å². The Morgan fingerprint density at radius 3 is 1.69 bits per heavy atom. The molecule has 172 valence electrons. The van der Waals surface area contributed by atoms with Gasteiger partial charge in [0.15, 0.2) is 0 Å². The van der Waals surface area contributed by atoms with E-state index < -0.39 is 18.2 Å². The van der Waals surface area contributed by atoms with Crippen molar-refractivity contribution in [2.75, 3.05) is 6.54 Å². The van der Waals surface area contributed by atoms with E-state index in [1.807, 2.05) is 36.4 Å². The second-order valence-electron chi connectivity index (χ2n) is 7.68. The van der Waals surface area contributed by atoms with E-state index in [0.29, 0.717) is 0 Å². The quantitative estimate of drug-likeness (QED) is 0.325. The summed E-state index contributed by atoms with van der Waals surface area (Å²) in [6.45, 7) is 0.0546. The number of amides is 3. The summed E-state index contributed by atoms with van der Waals surface area (Å²) in [7, 11) is 0. The van der Waals surface area contributed by atoms with Gasteiger partial charge in [0.2, 0.25) is 5.91 Å². The maximum absolute atomic E-state index is 12.7. The van der Waals surface area contributed by atoms with Gasteiger partial charge < -0.3 is 26.2 Å². The summed E-state index contributed by atoms with van der Waals surface area (Å²) in [4.78, 5) is 34.4. The Morgan fingerprint density at radius 1 is 0.688 bits per heavy atom. The highest BCUT2D eigenvalue weighted by atomic mass is 16.4. The summed E-state index contributed by atoms with van der Waals surface area (Å²) in [5.74, 6) is -0.259. The molecule has 32 heavy (non-hydrogen) atoms. The first-order valence-corrected chi connectivity index (χ1v) is 10.8.